The zero-order chi connectivity index (χ0) is 11.3. The van der Waals surface area contributed by atoms with Gasteiger partial charge in [0.15, 0.2) is 0 Å². The van der Waals surface area contributed by atoms with Crippen molar-refractivity contribution in [3.05, 3.63) is 17.5 Å². The molecule has 0 amide bonds. The molecule has 0 aliphatic rings. The molecule has 0 spiro atoms. The molecule has 0 fully saturated rings. The van der Waals surface area contributed by atoms with Crippen LogP contribution in [0.1, 0.15) is 25.1 Å². The second-order valence-electron chi connectivity index (χ2n) is 3.79. The van der Waals surface area contributed by atoms with Crippen molar-refractivity contribution in [1.29, 1.82) is 5.26 Å². The van der Waals surface area contributed by atoms with Gasteiger partial charge in [-0.3, -0.25) is 4.68 Å². The maximum Gasteiger partial charge on any atom is 0.0666 e. The van der Waals surface area contributed by atoms with Crippen LogP contribution in [0, 0.1) is 17.2 Å². The van der Waals surface area contributed by atoms with E-state index in [2.05, 4.69) is 23.4 Å². The Balaban J connectivity index is 2.47. The van der Waals surface area contributed by atoms with Crippen molar-refractivity contribution >= 4 is 0 Å². The van der Waals surface area contributed by atoms with Gasteiger partial charge in [0, 0.05) is 31.9 Å². The van der Waals surface area contributed by atoms with Crippen LogP contribution >= 0.6 is 0 Å². The molecule has 1 unspecified atom stereocenters. The molecule has 1 heterocycles. The van der Waals surface area contributed by atoms with Gasteiger partial charge >= 0.3 is 0 Å². The topological polar surface area (TPSA) is 53.6 Å². The summed E-state index contributed by atoms with van der Waals surface area (Å²) in [6, 6.07) is 2.20. The van der Waals surface area contributed by atoms with Crippen molar-refractivity contribution in [2.24, 2.45) is 13.0 Å². The molecule has 1 aromatic heterocycles. The summed E-state index contributed by atoms with van der Waals surface area (Å²) in [6.45, 7) is 5.54. The van der Waals surface area contributed by atoms with Gasteiger partial charge in [-0.25, -0.2) is 0 Å². The number of rotatable bonds is 5. The first-order valence-electron chi connectivity index (χ1n) is 5.29. The van der Waals surface area contributed by atoms with Gasteiger partial charge < -0.3 is 5.32 Å². The summed E-state index contributed by atoms with van der Waals surface area (Å²) in [7, 11) is 1.93. The van der Waals surface area contributed by atoms with Crippen LogP contribution < -0.4 is 5.32 Å². The van der Waals surface area contributed by atoms with Crippen LogP contribution in [0.15, 0.2) is 6.20 Å². The van der Waals surface area contributed by atoms with Gasteiger partial charge in [-0.2, -0.15) is 10.4 Å². The lowest BCUT2D eigenvalue weighted by molar-refractivity contribution is 0.599. The first kappa shape index (κ1) is 11.7. The quantitative estimate of drug-likeness (QED) is 0.788. The zero-order valence-corrected chi connectivity index (χ0v) is 9.62. The molecule has 0 saturated heterocycles. The van der Waals surface area contributed by atoms with Crippen molar-refractivity contribution in [3.8, 4) is 6.07 Å². The summed E-state index contributed by atoms with van der Waals surface area (Å²) in [4.78, 5) is 0. The highest BCUT2D eigenvalue weighted by atomic mass is 15.3. The largest absolute Gasteiger partial charge is 0.311 e. The second kappa shape index (κ2) is 5.52. The number of nitriles is 1. The molecule has 1 rings (SSSR count). The molecular weight excluding hydrogens is 188 g/mol. The van der Waals surface area contributed by atoms with Crippen molar-refractivity contribution in [1.82, 2.24) is 15.1 Å². The number of hydrogen-bond donors (Lipinski definition) is 1. The number of nitrogens with one attached hydrogen (secondary N) is 1. The van der Waals surface area contributed by atoms with Gasteiger partial charge in [-0.15, -0.1) is 0 Å². The summed E-state index contributed by atoms with van der Waals surface area (Å²) in [5.74, 6) is 0.0618. The summed E-state index contributed by atoms with van der Waals surface area (Å²) in [6.07, 6.45) is 2.98. The Morgan fingerprint density at radius 1 is 1.67 bits per heavy atom. The van der Waals surface area contributed by atoms with Crippen molar-refractivity contribution < 1.29 is 0 Å². The average Bonchev–Trinajstić information content (AvgIpc) is 2.58. The number of nitrogens with zero attached hydrogens (tertiary/aromatic N) is 3. The highest BCUT2D eigenvalue weighted by Gasteiger charge is 2.05. The minimum atomic E-state index is 0.0618. The molecule has 4 nitrogen and oxygen atoms in total. The third-order valence-corrected chi connectivity index (χ3v) is 2.31. The van der Waals surface area contributed by atoms with Gasteiger partial charge in [0.2, 0.25) is 0 Å². The normalized spacial score (nSPS) is 12.4. The molecule has 1 N–H and O–H groups in total. The first-order chi connectivity index (χ1) is 7.17. The van der Waals surface area contributed by atoms with Gasteiger partial charge in [0.05, 0.1) is 17.7 Å². The fourth-order valence-corrected chi connectivity index (χ4v) is 1.50. The van der Waals surface area contributed by atoms with E-state index < -0.39 is 0 Å². The van der Waals surface area contributed by atoms with Crippen LogP contribution in [0.3, 0.4) is 0 Å². The first-order valence-corrected chi connectivity index (χ1v) is 5.29. The Morgan fingerprint density at radius 2 is 2.40 bits per heavy atom. The van der Waals surface area contributed by atoms with Crippen LogP contribution in [0.2, 0.25) is 0 Å². The Bertz CT molecular complexity index is 348. The van der Waals surface area contributed by atoms with E-state index >= 15 is 0 Å². The molecule has 4 heteroatoms. The van der Waals surface area contributed by atoms with E-state index in [-0.39, 0.29) is 5.92 Å². The minimum Gasteiger partial charge on any atom is -0.311 e. The second-order valence-corrected chi connectivity index (χ2v) is 3.79. The van der Waals surface area contributed by atoms with Crippen molar-refractivity contribution in [2.45, 2.75) is 26.8 Å². The van der Waals surface area contributed by atoms with Crippen LogP contribution in [0.4, 0.5) is 0 Å². The monoisotopic (exact) mass is 206 g/mol. The predicted octanol–water partition coefficient (Wildman–Crippen LogP) is 1.23. The van der Waals surface area contributed by atoms with Crippen LogP contribution in [-0.2, 0) is 20.0 Å². The lowest BCUT2D eigenvalue weighted by atomic mass is 10.2. The highest BCUT2D eigenvalue weighted by Crippen LogP contribution is 2.06. The van der Waals surface area contributed by atoms with Gasteiger partial charge in [0.1, 0.15) is 0 Å². The number of aryl methyl sites for hydroxylation is 2. The fraction of sp³-hybridized carbons (Fsp3) is 0.636. The maximum atomic E-state index is 8.63. The summed E-state index contributed by atoms with van der Waals surface area (Å²) in [5, 5.41) is 16.3. The summed E-state index contributed by atoms with van der Waals surface area (Å²) >= 11 is 0. The number of hydrogen-bond acceptors (Lipinski definition) is 3. The van der Waals surface area contributed by atoms with Crippen molar-refractivity contribution in [3.63, 3.8) is 0 Å². The van der Waals surface area contributed by atoms with Gasteiger partial charge in [-0.05, 0) is 13.3 Å². The minimum absolute atomic E-state index is 0.0618. The molecule has 0 radical (unpaired) electrons. The summed E-state index contributed by atoms with van der Waals surface area (Å²) in [5.41, 5.74) is 2.36. The molecule has 1 atom stereocenters. The Labute approximate surface area is 90.9 Å². The molecule has 0 saturated carbocycles. The lowest BCUT2D eigenvalue weighted by Crippen LogP contribution is -2.20. The van der Waals surface area contributed by atoms with Gasteiger partial charge in [0.25, 0.3) is 0 Å². The van der Waals surface area contributed by atoms with Crippen LogP contribution in [0.5, 0.6) is 0 Å². The molecule has 82 valence electrons. The molecule has 0 aromatic carbocycles. The van der Waals surface area contributed by atoms with E-state index in [0.29, 0.717) is 0 Å². The highest BCUT2D eigenvalue weighted by molar-refractivity contribution is 5.16. The SMILES string of the molecule is CCc1nn(C)cc1CNCC(C)C#N. The average molecular weight is 206 g/mol. The van der Waals surface area contributed by atoms with E-state index in [9.17, 15) is 0 Å². The molecule has 0 bridgehead atoms. The van der Waals surface area contributed by atoms with Crippen molar-refractivity contribution in [2.75, 3.05) is 6.54 Å². The van der Waals surface area contributed by atoms with E-state index in [1.54, 1.807) is 0 Å². The molecule has 15 heavy (non-hydrogen) atoms. The van der Waals surface area contributed by atoms with E-state index in [4.69, 9.17) is 5.26 Å². The molecule has 1 aromatic rings. The van der Waals surface area contributed by atoms with Crippen LogP contribution in [0.25, 0.3) is 0 Å². The van der Waals surface area contributed by atoms with Gasteiger partial charge in [-0.1, -0.05) is 6.92 Å². The third-order valence-electron chi connectivity index (χ3n) is 2.31. The smallest absolute Gasteiger partial charge is 0.0666 e. The Kier molecular flexibility index (Phi) is 4.32. The molecule has 0 aliphatic heterocycles. The lowest BCUT2D eigenvalue weighted by Gasteiger charge is -2.04. The van der Waals surface area contributed by atoms with E-state index in [1.165, 1.54) is 5.56 Å². The number of aromatic nitrogens is 2. The maximum absolute atomic E-state index is 8.63. The third kappa shape index (κ3) is 3.37. The standard InChI is InChI=1S/C11H18N4/c1-4-11-10(8-15(3)14-11)7-13-6-9(2)5-12/h8-9,13H,4,6-7H2,1-3H3. The fourth-order valence-electron chi connectivity index (χ4n) is 1.50. The Morgan fingerprint density at radius 3 is 3.00 bits per heavy atom. The van der Waals surface area contributed by atoms with Crippen LogP contribution in [-0.4, -0.2) is 16.3 Å². The van der Waals surface area contributed by atoms with E-state index in [0.717, 1.165) is 25.2 Å². The zero-order valence-electron chi connectivity index (χ0n) is 9.62. The molecular formula is C11H18N4. The predicted molar refractivity (Wildman–Crippen MR) is 59.1 cm³/mol. The molecule has 0 aliphatic carbocycles. The Hall–Kier alpha value is -1.34. The van der Waals surface area contributed by atoms with E-state index in [1.807, 2.05) is 24.9 Å². The summed E-state index contributed by atoms with van der Waals surface area (Å²) < 4.78 is 1.84.